The highest BCUT2D eigenvalue weighted by Gasteiger charge is 2.17. The summed E-state index contributed by atoms with van der Waals surface area (Å²) >= 11 is 0. The van der Waals surface area contributed by atoms with E-state index >= 15 is 0 Å². The van der Waals surface area contributed by atoms with E-state index < -0.39 is 0 Å². The summed E-state index contributed by atoms with van der Waals surface area (Å²) in [5.74, 6) is 0. The minimum Gasteiger partial charge on any atom is -0.311 e. The van der Waals surface area contributed by atoms with Crippen molar-refractivity contribution < 1.29 is 0 Å². The van der Waals surface area contributed by atoms with E-state index in [1.54, 1.807) is 0 Å². The van der Waals surface area contributed by atoms with Crippen LogP contribution >= 0.6 is 0 Å². The summed E-state index contributed by atoms with van der Waals surface area (Å²) in [4.78, 5) is 2.36. The Hall–Kier alpha value is -8.20. The fraction of sp³-hybridized carbons (Fsp3) is 0. The van der Waals surface area contributed by atoms with Crippen LogP contribution in [-0.4, -0.2) is 4.57 Å². The van der Waals surface area contributed by atoms with E-state index in [1.165, 1.54) is 83.1 Å². The number of hydrogen-bond acceptors (Lipinski definition) is 1. The van der Waals surface area contributed by atoms with Crippen molar-refractivity contribution in [1.82, 2.24) is 4.57 Å². The van der Waals surface area contributed by atoms with E-state index in [9.17, 15) is 0 Å². The van der Waals surface area contributed by atoms with Crippen molar-refractivity contribution in [1.29, 1.82) is 0 Å². The van der Waals surface area contributed by atoms with Gasteiger partial charge in [0.2, 0.25) is 0 Å². The normalized spacial score (nSPS) is 11.2. The third kappa shape index (κ3) is 7.04. The van der Waals surface area contributed by atoms with Gasteiger partial charge in [0, 0.05) is 33.5 Å². The zero-order valence-electron chi connectivity index (χ0n) is 34.1. The summed E-state index contributed by atoms with van der Waals surface area (Å²) in [6.45, 7) is 0. The number of fused-ring (bicyclic) bond motifs is 3. The van der Waals surface area contributed by atoms with Crippen molar-refractivity contribution in [2.45, 2.75) is 0 Å². The van der Waals surface area contributed by atoms with Crippen LogP contribution in [0.4, 0.5) is 17.1 Å². The molecule has 2 heteroatoms. The maximum Gasteiger partial charge on any atom is 0.0541 e. The number of benzene rings is 10. The lowest BCUT2D eigenvalue weighted by Crippen LogP contribution is -2.09. The molecule has 0 unspecified atom stereocenters. The molecule has 0 N–H and O–H groups in total. The topological polar surface area (TPSA) is 8.17 Å². The fourth-order valence-electron chi connectivity index (χ4n) is 8.88. The van der Waals surface area contributed by atoms with Gasteiger partial charge in [-0.1, -0.05) is 170 Å². The predicted octanol–water partition coefficient (Wildman–Crippen LogP) is 16.6. The van der Waals surface area contributed by atoms with Gasteiger partial charge in [0.15, 0.2) is 0 Å². The first kappa shape index (κ1) is 36.8. The SMILES string of the molecule is c1ccc(-c2ccc(N(c3ccc(-c4cc(-c5ccccc5)cc(-c5ccccc5)c4)cc3)c3ccc(-c4ccc5c(c4)c4ccccc4n5-c4ccccc4)cc3)cc2)cc1. The van der Waals surface area contributed by atoms with Crippen LogP contribution in [0.2, 0.25) is 0 Å². The van der Waals surface area contributed by atoms with Crippen molar-refractivity contribution in [2.75, 3.05) is 4.90 Å². The molecule has 0 spiro atoms. The second-order valence-corrected chi connectivity index (χ2v) is 15.8. The van der Waals surface area contributed by atoms with Gasteiger partial charge in [0.1, 0.15) is 0 Å². The average Bonchev–Trinajstić information content (AvgIpc) is 3.69. The number of hydrogen-bond donors (Lipinski definition) is 0. The molecular formula is C60H42N2. The second kappa shape index (κ2) is 16.1. The highest BCUT2D eigenvalue weighted by molar-refractivity contribution is 6.10. The first-order valence-electron chi connectivity index (χ1n) is 21.2. The highest BCUT2D eigenvalue weighted by atomic mass is 15.1. The zero-order chi connectivity index (χ0) is 41.2. The summed E-state index contributed by atoms with van der Waals surface area (Å²) in [6, 6.07) is 92.0. The summed E-state index contributed by atoms with van der Waals surface area (Å²) in [5.41, 5.74) is 18.8. The Kier molecular flexibility index (Phi) is 9.57. The molecule has 0 radical (unpaired) electrons. The Balaban J connectivity index is 0.975. The molecule has 0 saturated heterocycles. The molecule has 1 aromatic heterocycles. The minimum absolute atomic E-state index is 1.09. The summed E-state index contributed by atoms with van der Waals surface area (Å²) in [5, 5.41) is 2.50. The van der Waals surface area contributed by atoms with Crippen molar-refractivity contribution in [2.24, 2.45) is 0 Å². The van der Waals surface area contributed by atoms with Crippen LogP contribution in [0.5, 0.6) is 0 Å². The molecule has 62 heavy (non-hydrogen) atoms. The number of rotatable bonds is 9. The highest BCUT2D eigenvalue weighted by Crippen LogP contribution is 2.40. The van der Waals surface area contributed by atoms with Crippen molar-refractivity contribution >= 4 is 38.9 Å². The summed E-state index contributed by atoms with van der Waals surface area (Å²) in [7, 11) is 0. The molecule has 0 fully saturated rings. The van der Waals surface area contributed by atoms with Crippen LogP contribution in [0.1, 0.15) is 0 Å². The smallest absolute Gasteiger partial charge is 0.0541 e. The van der Waals surface area contributed by atoms with E-state index in [0.29, 0.717) is 0 Å². The van der Waals surface area contributed by atoms with Crippen LogP contribution in [0, 0.1) is 0 Å². The Morgan fingerprint density at radius 3 is 1.05 bits per heavy atom. The number of nitrogens with zero attached hydrogens (tertiary/aromatic N) is 2. The van der Waals surface area contributed by atoms with Crippen LogP contribution in [0.15, 0.2) is 255 Å². The van der Waals surface area contributed by atoms with Crippen molar-refractivity contribution in [3.05, 3.63) is 255 Å². The van der Waals surface area contributed by atoms with Gasteiger partial charge in [-0.15, -0.1) is 0 Å². The largest absolute Gasteiger partial charge is 0.311 e. The van der Waals surface area contributed by atoms with E-state index in [2.05, 4.69) is 264 Å². The first-order valence-corrected chi connectivity index (χ1v) is 21.2. The molecule has 0 atom stereocenters. The molecule has 0 saturated carbocycles. The molecule has 11 rings (SSSR count). The fourth-order valence-corrected chi connectivity index (χ4v) is 8.88. The van der Waals surface area contributed by atoms with Gasteiger partial charge in [0.05, 0.1) is 11.0 Å². The molecule has 0 bridgehead atoms. The van der Waals surface area contributed by atoms with Gasteiger partial charge in [-0.2, -0.15) is 0 Å². The third-order valence-electron chi connectivity index (χ3n) is 12.0. The molecule has 292 valence electrons. The summed E-state index contributed by atoms with van der Waals surface area (Å²) < 4.78 is 2.37. The Labute approximate surface area is 362 Å². The maximum atomic E-state index is 2.37. The lowest BCUT2D eigenvalue weighted by Gasteiger charge is -2.26. The molecule has 11 aromatic rings. The molecule has 1 heterocycles. The Morgan fingerprint density at radius 2 is 0.565 bits per heavy atom. The van der Waals surface area contributed by atoms with Gasteiger partial charge in [-0.05, 0) is 141 Å². The molecule has 2 nitrogen and oxygen atoms in total. The molecule has 0 amide bonds. The van der Waals surface area contributed by atoms with Gasteiger partial charge in [-0.3, -0.25) is 0 Å². The molecule has 10 aromatic carbocycles. The number of aromatic nitrogens is 1. The maximum absolute atomic E-state index is 2.37. The van der Waals surface area contributed by atoms with Gasteiger partial charge < -0.3 is 9.47 Å². The molecule has 0 aliphatic carbocycles. The Bertz CT molecular complexity index is 3220. The standard InChI is InChI=1S/C60H42N2/c1-5-15-43(16-6-1)46-25-32-54(33-26-46)61(56-36-29-48(30-37-56)52-40-50(44-17-7-2-8-18-44)39-51(41-52)45-19-9-3-10-20-45)55-34-27-47(28-35-55)49-31-38-60-58(42-49)57-23-13-14-24-59(57)62(60)53-21-11-4-12-22-53/h1-42H. The zero-order valence-corrected chi connectivity index (χ0v) is 34.1. The average molecular weight is 791 g/mol. The Morgan fingerprint density at radius 1 is 0.226 bits per heavy atom. The van der Waals surface area contributed by atoms with Gasteiger partial charge >= 0.3 is 0 Å². The third-order valence-corrected chi connectivity index (χ3v) is 12.0. The van der Waals surface area contributed by atoms with E-state index in [-0.39, 0.29) is 0 Å². The molecule has 0 aliphatic heterocycles. The quantitative estimate of drug-likeness (QED) is 0.141. The van der Waals surface area contributed by atoms with Crippen molar-refractivity contribution in [3.8, 4) is 61.3 Å². The number of para-hydroxylation sites is 2. The van der Waals surface area contributed by atoms with Gasteiger partial charge in [0.25, 0.3) is 0 Å². The lowest BCUT2D eigenvalue weighted by atomic mass is 9.93. The van der Waals surface area contributed by atoms with Crippen LogP contribution < -0.4 is 4.90 Å². The van der Waals surface area contributed by atoms with E-state index in [1.807, 2.05) is 0 Å². The van der Waals surface area contributed by atoms with Crippen LogP contribution in [-0.2, 0) is 0 Å². The van der Waals surface area contributed by atoms with E-state index in [0.717, 1.165) is 17.1 Å². The minimum atomic E-state index is 1.09. The monoisotopic (exact) mass is 790 g/mol. The second-order valence-electron chi connectivity index (χ2n) is 15.8. The molecule has 0 aliphatic rings. The predicted molar refractivity (Wildman–Crippen MR) is 263 cm³/mol. The van der Waals surface area contributed by atoms with Crippen molar-refractivity contribution in [3.63, 3.8) is 0 Å². The van der Waals surface area contributed by atoms with Gasteiger partial charge in [-0.25, -0.2) is 0 Å². The molecular weight excluding hydrogens is 749 g/mol. The van der Waals surface area contributed by atoms with Crippen LogP contribution in [0.25, 0.3) is 83.1 Å². The first-order chi connectivity index (χ1) is 30.7. The van der Waals surface area contributed by atoms with E-state index in [4.69, 9.17) is 0 Å². The lowest BCUT2D eigenvalue weighted by molar-refractivity contribution is 1.18. The van der Waals surface area contributed by atoms with Crippen LogP contribution in [0.3, 0.4) is 0 Å². The summed E-state index contributed by atoms with van der Waals surface area (Å²) in [6.07, 6.45) is 0. The number of anilines is 3.